The van der Waals surface area contributed by atoms with Crippen LogP contribution in [0.1, 0.15) is 11.1 Å². The SMILES string of the molecule is COc1ccc(CN2CCO[C@H](Cc3ccc(F)cc3)C2)cc1. The molecule has 0 radical (unpaired) electrons. The van der Waals surface area contributed by atoms with Crippen molar-refractivity contribution in [3.8, 4) is 5.75 Å². The third-order valence-corrected chi connectivity index (χ3v) is 4.16. The molecule has 3 rings (SSSR count). The summed E-state index contributed by atoms with van der Waals surface area (Å²) < 4.78 is 24.0. The molecule has 0 aromatic heterocycles. The molecule has 2 aromatic rings. The summed E-state index contributed by atoms with van der Waals surface area (Å²) in [6, 6.07) is 14.9. The van der Waals surface area contributed by atoms with Crippen LogP contribution in [-0.4, -0.2) is 37.8 Å². The lowest BCUT2D eigenvalue weighted by atomic mass is 10.1. The van der Waals surface area contributed by atoms with E-state index >= 15 is 0 Å². The Kier molecular flexibility index (Phi) is 5.26. The molecule has 0 bridgehead atoms. The van der Waals surface area contributed by atoms with E-state index in [9.17, 15) is 4.39 Å². The number of hydrogen-bond donors (Lipinski definition) is 0. The fourth-order valence-electron chi connectivity index (χ4n) is 2.92. The van der Waals surface area contributed by atoms with Gasteiger partial charge in [-0.2, -0.15) is 0 Å². The Bertz CT molecular complexity index is 612. The van der Waals surface area contributed by atoms with Crippen LogP contribution in [0.4, 0.5) is 4.39 Å². The summed E-state index contributed by atoms with van der Waals surface area (Å²) in [5.74, 6) is 0.685. The quantitative estimate of drug-likeness (QED) is 0.845. The minimum absolute atomic E-state index is 0.160. The molecule has 0 unspecified atom stereocenters. The average molecular weight is 315 g/mol. The number of morpholine rings is 1. The molecule has 0 aliphatic carbocycles. The maximum atomic E-state index is 13.0. The van der Waals surface area contributed by atoms with E-state index in [2.05, 4.69) is 17.0 Å². The number of hydrogen-bond acceptors (Lipinski definition) is 3. The van der Waals surface area contributed by atoms with Crippen molar-refractivity contribution < 1.29 is 13.9 Å². The van der Waals surface area contributed by atoms with Gasteiger partial charge in [-0.1, -0.05) is 24.3 Å². The van der Waals surface area contributed by atoms with Gasteiger partial charge in [0.2, 0.25) is 0 Å². The minimum atomic E-state index is -0.195. The Labute approximate surface area is 136 Å². The summed E-state index contributed by atoms with van der Waals surface area (Å²) in [6.45, 7) is 3.48. The van der Waals surface area contributed by atoms with E-state index in [1.54, 1.807) is 7.11 Å². The molecule has 0 amide bonds. The maximum absolute atomic E-state index is 13.0. The van der Waals surface area contributed by atoms with Gasteiger partial charge in [-0.25, -0.2) is 4.39 Å². The Hall–Kier alpha value is -1.91. The second kappa shape index (κ2) is 7.57. The smallest absolute Gasteiger partial charge is 0.123 e. The molecule has 1 aliphatic rings. The van der Waals surface area contributed by atoms with Crippen LogP contribution < -0.4 is 4.74 Å². The van der Waals surface area contributed by atoms with Crippen molar-refractivity contribution in [3.63, 3.8) is 0 Å². The molecule has 122 valence electrons. The van der Waals surface area contributed by atoms with E-state index in [1.807, 2.05) is 24.3 Å². The van der Waals surface area contributed by atoms with Crippen molar-refractivity contribution in [2.45, 2.75) is 19.1 Å². The third kappa shape index (κ3) is 4.53. The second-order valence-corrected chi connectivity index (χ2v) is 5.91. The van der Waals surface area contributed by atoms with Crippen molar-refractivity contribution in [1.82, 2.24) is 4.90 Å². The molecule has 0 saturated carbocycles. The van der Waals surface area contributed by atoms with Gasteiger partial charge in [0.25, 0.3) is 0 Å². The number of ether oxygens (including phenoxy) is 2. The highest BCUT2D eigenvalue weighted by atomic mass is 19.1. The van der Waals surface area contributed by atoms with E-state index in [0.29, 0.717) is 0 Å². The van der Waals surface area contributed by atoms with Crippen LogP contribution in [0.15, 0.2) is 48.5 Å². The summed E-state index contributed by atoms with van der Waals surface area (Å²) >= 11 is 0. The number of nitrogens with zero attached hydrogens (tertiary/aromatic N) is 1. The van der Waals surface area contributed by atoms with E-state index < -0.39 is 0 Å². The third-order valence-electron chi connectivity index (χ3n) is 4.16. The van der Waals surface area contributed by atoms with Gasteiger partial charge in [0.15, 0.2) is 0 Å². The van der Waals surface area contributed by atoms with E-state index in [4.69, 9.17) is 9.47 Å². The second-order valence-electron chi connectivity index (χ2n) is 5.91. The summed E-state index contributed by atoms with van der Waals surface area (Å²) in [6.07, 6.45) is 0.979. The first-order chi connectivity index (χ1) is 11.2. The number of rotatable bonds is 5. The zero-order valence-electron chi connectivity index (χ0n) is 13.4. The molecule has 1 aliphatic heterocycles. The number of halogens is 1. The highest BCUT2D eigenvalue weighted by molar-refractivity contribution is 5.27. The molecule has 2 aromatic carbocycles. The summed E-state index contributed by atoms with van der Waals surface area (Å²) in [5, 5.41) is 0. The molecule has 0 N–H and O–H groups in total. The highest BCUT2D eigenvalue weighted by Crippen LogP contribution is 2.17. The summed E-state index contributed by atoms with van der Waals surface area (Å²) in [4.78, 5) is 2.40. The first-order valence-electron chi connectivity index (χ1n) is 7.94. The molecule has 1 heterocycles. The van der Waals surface area contributed by atoms with Crippen LogP contribution in [0.3, 0.4) is 0 Å². The molecule has 1 atom stereocenters. The minimum Gasteiger partial charge on any atom is -0.497 e. The van der Waals surface area contributed by atoms with Gasteiger partial charge in [0.05, 0.1) is 19.8 Å². The molecular weight excluding hydrogens is 293 g/mol. The van der Waals surface area contributed by atoms with E-state index in [0.717, 1.165) is 44.0 Å². The van der Waals surface area contributed by atoms with Crippen LogP contribution in [0.25, 0.3) is 0 Å². The first-order valence-corrected chi connectivity index (χ1v) is 7.94. The Morgan fingerprint density at radius 3 is 2.48 bits per heavy atom. The standard InChI is InChI=1S/C19H22FNO2/c1-22-18-8-4-16(5-9-18)13-21-10-11-23-19(14-21)12-15-2-6-17(20)7-3-15/h2-9,19H,10-14H2,1H3/t19-/m1/s1. The Balaban J connectivity index is 1.55. The van der Waals surface area contributed by atoms with Gasteiger partial charge in [-0.05, 0) is 41.8 Å². The molecule has 23 heavy (non-hydrogen) atoms. The van der Waals surface area contributed by atoms with Gasteiger partial charge < -0.3 is 9.47 Å². The van der Waals surface area contributed by atoms with Crippen molar-refractivity contribution in [2.24, 2.45) is 0 Å². The molecular formula is C19H22FNO2. The monoisotopic (exact) mass is 315 g/mol. The zero-order chi connectivity index (χ0) is 16.1. The fourth-order valence-corrected chi connectivity index (χ4v) is 2.92. The Morgan fingerprint density at radius 2 is 1.78 bits per heavy atom. The summed E-state index contributed by atoms with van der Waals surface area (Å²) in [5.41, 5.74) is 2.39. The van der Waals surface area contributed by atoms with Crippen molar-refractivity contribution in [1.29, 1.82) is 0 Å². The largest absolute Gasteiger partial charge is 0.497 e. The van der Waals surface area contributed by atoms with Crippen molar-refractivity contribution in [3.05, 3.63) is 65.5 Å². The molecule has 4 heteroatoms. The predicted molar refractivity (Wildman–Crippen MR) is 88.1 cm³/mol. The van der Waals surface area contributed by atoms with E-state index in [-0.39, 0.29) is 11.9 Å². The maximum Gasteiger partial charge on any atom is 0.123 e. The lowest BCUT2D eigenvalue weighted by Crippen LogP contribution is -2.42. The summed E-state index contributed by atoms with van der Waals surface area (Å²) in [7, 11) is 1.68. The van der Waals surface area contributed by atoms with E-state index in [1.165, 1.54) is 17.7 Å². The molecule has 1 fully saturated rings. The van der Waals surface area contributed by atoms with Gasteiger partial charge in [0.1, 0.15) is 11.6 Å². The van der Waals surface area contributed by atoms with Gasteiger partial charge in [-0.3, -0.25) is 4.90 Å². The molecule has 0 spiro atoms. The lowest BCUT2D eigenvalue weighted by molar-refractivity contribution is -0.0305. The molecule has 1 saturated heterocycles. The zero-order valence-corrected chi connectivity index (χ0v) is 13.4. The van der Waals surface area contributed by atoms with Crippen LogP contribution in [0.5, 0.6) is 5.75 Å². The highest BCUT2D eigenvalue weighted by Gasteiger charge is 2.20. The van der Waals surface area contributed by atoms with Crippen LogP contribution in [0.2, 0.25) is 0 Å². The lowest BCUT2D eigenvalue weighted by Gasteiger charge is -2.33. The van der Waals surface area contributed by atoms with Crippen molar-refractivity contribution >= 4 is 0 Å². The normalized spacial score (nSPS) is 18.8. The average Bonchev–Trinajstić information content (AvgIpc) is 2.58. The Morgan fingerprint density at radius 1 is 1.09 bits per heavy atom. The predicted octanol–water partition coefficient (Wildman–Crippen LogP) is 3.28. The topological polar surface area (TPSA) is 21.7 Å². The number of methoxy groups -OCH3 is 1. The molecule has 3 nitrogen and oxygen atoms in total. The van der Waals surface area contributed by atoms with Gasteiger partial charge in [0, 0.05) is 19.6 Å². The fraction of sp³-hybridized carbons (Fsp3) is 0.368. The number of benzene rings is 2. The van der Waals surface area contributed by atoms with Gasteiger partial charge >= 0.3 is 0 Å². The first kappa shape index (κ1) is 16.0. The van der Waals surface area contributed by atoms with Crippen LogP contribution in [-0.2, 0) is 17.7 Å². The van der Waals surface area contributed by atoms with Crippen molar-refractivity contribution in [2.75, 3.05) is 26.8 Å². The van der Waals surface area contributed by atoms with Crippen LogP contribution in [0, 0.1) is 5.82 Å². The van der Waals surface area contributed by atoms with Crippen LogP contribution >= 0.6 is 0 Å². The van der Waals surface area contributed by atoms with Gasteiger partial charge in [-0.15, -0.1) is 0 Å².